The molecule has 0 radical (unpaired) electrons. The van der Waals surface area contributed by atoms with Crippen molar-refractivity contribution in [1.29, 1.82) is 0 Å². The molecule has 2 aromatic rings. The molecule has 1 fully saturated rings. The van der Waals surface area contributed by atoms with Gasteiger partial charge in [0.25, 0.3) is 0 Å². The fourth-order valence-corrected chi connectivity index (χ4v) is 3.00. The van der Waals surface area contributed by atoms with Crippen LogP contribution in [0.5, 0.6) is 5.88 Å². The maximum absolute atomic E-state index is 5.22. The summed E-state index contributed by atoms with van der Waals surface area (Å²) in [6.45, 7) is 3.06. The van der Waals surface area contributed by atoms with Crippen LogP contribution in [0.1, 0.15) is 36.6 Å². The molecule has 1 N–H and O–H groups in total. The van der Waals surface area contributed by atoms with E-state index in [0.29, 0.717) is 17.7 Å². The van der Waals surface area contributed by atoms with Crippen LogP contribution in [0.4, 0.5) is 0 Å². The second kappa shape index (κ2) is 6.22. The van der Waals surface area contributed by atoms with Crippen molar-refractivity contribution in [2.45, 2.75) is 25.3 Å². The topological polar surface area (TPSA) is 47.0 Å². The fraction of sp³-hybridized carbons (Fsp3) is 0.412. The van der Waals surface area contributed by atoms with Crippen LogP contribution in [0.15, 0.2) is 42.7 Å². The third-order valence-corrected chi connectivity index (χ3v) is 4.11. The normalized spacial score (nSPS) is 21.8. The van der Waals surface area contributed by atoms with Crippen LogP contribution in [-0.2, 0) is 0 Å². The molecule has 21 heavy (non-hydrogen) atoms. The molecule has 1 aromatic carbocycles. The van der Waals surface area contributed by atoms with E-state index in [-0.39, 0.29) is 6.04 Å². The Bertz CT molecular complexity index is 588. The van der Waals surface area contributed by atoms with Crippen molar-refractivity contribution in [3.8, 4) is 5.88 Å². The van der Waals surface area contributed by atoms with E-state index < -0.39 is 0 Å². The van der Waals surface area contributed by atoms with E-state index in [4.69, 9.17) is 4.74 Å². The zero-order chi connectivity index (χ0) is 14.7. The molecular weight excluding hydrogens is 262 g/mol. The third-order valence-electron chi connectivity index (χ3n) is 4.11. The van der Waals surface area contributed by atoms with Crippen molar-refractivity contribution < 1.29 is 4.74 Å². The van der Waals surface area contributed by atoms with E-state index in [1.807, 2.05) is 6.07 Å². The fourth-order valence-electron chi connectivity index (χ4n) is 3.00. The Kier molecular flexibility index (Phi) is 4.15. The number of nitrogens with zero attached hydrogens (tertiary/aromatic N) is 2. The Balaban J connectivity index is 1.80. The second-order valence-electron chi connectivity index (χ2n) is 5.44. The molecule has 0 aliphatic heterocycles. The number of ether oxygens (including phenoxy) is 1. The van der Waals surface area contributed by atoms with E-state index in [0.717, 1.165) is 12.2 Å². The maximum atomic E-state index is 5.22. The molecule has 0 spiro atoms. The molecule has 3 atom stereocenters. The van der Waals surface area contributed by atoms with Gasteiger partial charge in [-0.2, -0.15) is 0 Å². The minimum Gasteiger partial charge on any atom is -0.481 e. The van der Waals surface area contributed by atoms with Gasteiger partial charge in [0.2, 0.25) is 5.88 Å². The minimum absolute atomic E-state index is 0.261. The Morgan fingerprint density at radius 1 is 1.29 bits per heavy atom. The molecule has 4 heteroatoms. The standard InChI is InChI=1S/C17H21N3O/c1-3-18-17(15-10-16(21-2)20-11-19-15)14-9-13(14)12-7-5-4-6-8-12/h4-8,10-11,13-14,17-18H,3,9H2,1-2H3. The van der Waals surface area contributed by atoms with Crippen LogP contribution in [0.2, 0.25) is 0 Å². The van der Waals surface area contributed by atoms with Gasteiger partial charge in [-0.05, 0) is 30.4 Å². The maximum Gasteiger partial charge on any atom is 0.216 e. The van der Waals surface area contributed by atoms with Crippen molar-refractivity contribution in [1.82, 2.24) is 15.3 Å². The van der Waals surface area contributed by atoms with Gasteiger partial charge in [-0.25, -0.2) is 9.97 Å². The molecule has 1 aliphatic rings. The van der Waals surface area contributed by atoms with Gasteiger partial charge in [0, 0.05) is 6.07 Å². The number of benzene rings is 1. The third kappa shape index (κ3) is 3.05. The Hall–Kier alpha value is -1.94. The molecule has 3 unspecified atom stereocenters. The monoisotopic (exact) mass is 283 g/mol. The van der Waals surface area contributed by atoms with Gasteiger partial charge in [-0.1, -0.05) is 37.3 Å². The number of methoxy groups -OCH3 is 1. The summed E-state index contributed by atoms with van der Waals surface area (Å²) in [4.78, 5) is 8.54. The van der Waals surface area contributed by atoms with Gasteiger partial charge in [-0.3, -0.25) is 0 Å². The number of hydrogen-bond acceptors (Lipinski definition) is 4. The number of rotatable bonds is 6. The average Bonchev–Trinajstić information content (AvgIpc) is 3.34. The van der Waals surface area contributed by atoms with Gasteiger partial charge >= 0.3 is 0 Å². The van der Waals surface area contributed by atoms with Crippen molar-refractivity contribution in [2.24, 2.45) is 5.92 Å². The molecule has 1 aliphatic carbocycles. The van der Waals surface area contributed by atoms with Crippen LogP contribution in [0.25, 0.3) is 0 Å². The molecule has 110 valence electrons. The summed E-state index contributed by atoms with van der Waals surface area (Å²) < 4.78 is 5.22. The van der Waals surface area contributed by atoms with Crippen molar-refractivity contribution >= 4 is 0 Å². The Labute approximate surface area is 125 Å². The van der Waals surface area contributed by atoms with Crippen molar-refractivity contribution in [3.63, 3.8) is 0 Å². The summed E-state index contributed by atoms with van der Waals surface area (Å²) in [5.74, 6) is 1.84. The lowest BCUT2D eigenvalue weighted by Gasteiger charge is -2.18. The Morgan fingerprint density at radius 3 is 2.81 bits per heavy atom. The van der Waals surface area contributed by atoms with Gasteiger partial charge in [0.05, 0.1) is 18.8 Å². The summed E-state index contributed by atoms with van der Waals surface area (Å²) in [6, 6.07) is 12.9. The molecule has 1 saturated carbocycles. The lowest BCUT2D eigenvalue weighted by atomic mass is 10.0. The molecule has 0 bridgehead atoms. The number of aromatic nitrogens is 2. The lowest BCUT2D eigenvalue weighted by Crippen LogP contribution is -2.24. The van der Waals surface area contributed by atoms with Gasteiger partial charge in [-0.15, -0.1) is 0 Å². The van der Waals surface area contributed by atoms with E-state index in [1.54, 1.807) is 13.4 Å². The average molecular weight is 283 g/mol. The smallest absolute Gasteiger partial charge is 0.216 e. The van der Waals surface area contributed by atoms with Crippen LogP contribution in [0, 0.1) is 5.92 Å². The first kappa shape index (κ1) is 14.0. The summed E-state index contributed by atoms with van der Waals surface area (Å²) in [7, 11) is 1.64. The van der Waals surface area contributed by atoms with Gasteiger partial charge < -0.3 is 10.1 Å². The quantitative estimate of drug-likeness (QED) is 0.885. The first-order valence-corrected chi connectivity index (χ1v) is 7.47. The summed E-state index contributed by atoms with van der Waals surface area (Å²) in [5.41, 5.74) is 2.44. The summed E-state index contributed by atoms with van der Waals surface area (Å²) in [6.07, 6.45) is 2.78. The molecule has 4 nitrogen and oxygen atoms in total. The van der Waals surface area contributed by atoms with Crippen LogP contribution in [-0.4, -0.2) is 23.6 Å². The molecule has 0 saturated heterocycles. The molecule has 1 heterocycles. The SMILES string of the molecule is CCNC(c1cc(OC)ncn1)C1CC1c1ccccc1. The summed E-state index contributed by atoms with van der Waals surface area (Å²) >= 11 is 0. The predicted molar refractivity (Wildman–Crippen MR) is 82.3 cm³/mol. The van der Waals surface area contributed by atoms with Crippen molar-refractivity contribution in [3.05, 3.63) is 54.0 Å². The van der Waals surface area contributed by atoms with E-state index in [9.17, 15) is 0 Å². The molecule has 1 aromatic heterocycles. The highest BCUT2D eigenvalue weighted by atomic mass is 16.5. The van der Waals surface area contributed by atoms with E-state index in [1.165, 1.54) is 12.0 Å². The zero-order valence-electron chi connectivity index (χ0n) is 12.5. The van der Waals surface area contributed by atoms with Crippen LogP contribution >= 0.6 is 0 Å². The number of hydrogen-bond donors (Lipinski definition) is 1. The Morgan fingerprint density at radius 2 is 2.10 bits per heavy atom. The highest BCUT2D eigenvalue weighted by molar-refractivity contribution is 5.29. The largest absolute Gasteiger partial charge is 0.481 e. The summed E-state index contributed by atoms with van der Waals surface area (Å²) in [5, 5.41) is 3.57. The van der Waals surface area contributed by atoms with Crippen molar-refractivity contribution in [2.75, 3.05) is 13.7 Å². The zero-order valence-corrected chi connectivity index (χ0v) is 12.5. The first-order chi connectivity index (χ1) is 10.3. The molecule has 0 amide bonds. The van der Waals surface area contributed by atoms with Crippen LogP contribution in [0.3, 0.4) is 0 Å². The van der Waals surface area contributed by atoms with E-state index >= 15 is 0 Å². The first-order valence-electron chi connectivity index (χ1n) is 7.47. The minimum atomic E-state index is 0.261. The predicted octanol–water partition coefficient (Wildman–Crippen LogP) is 2.94. The second-order valence-corrected chi connectivity index (χ2v) is 5.44. The highest BCUT2D eigenvalue weighted by Gasteiger charge is 2.44. The van der Waals surface area contributed by atoms with E-state index in [2.05, 4.69) is 52.5 Å². The van der Waals surface area contributed by atoms with Gasteiger partial charge in [0.1, 0.15) is 6.33 Å². The highest BCUT2D eigenvalue weighted by Crippen LogP contribution is 2.53. The lowest BCUT2D eigenvalue weighted by molar-refractivity contribution is 0.392. The van der Waals surface area contributed by atoms with Crippen LogP contribution < -0.4 is 10.1 Å². The number of nitrogens with one attached hydrogen (secondary N) is 1. The molecular formula is C17H21N3O. The van der Waals surface area contributed by atoms with Gasteiger partial charge in [0.15, 0.2) is 0 Å². The molecule has 3 rings (SSSR count).